The lowest BCUT2D eigenvalue weighted by molar-refractivity contribution is -0.142. The summed E-state index contributed by atoms with van der Waals surface area (Å²) >= 11 is 0. The van der Waals surface area contributed by atoms with Crippen LogP contribution in [-0.4, -0.2) is 28.4 Å². The second-order valence-corrected chi connectivity index (χ2v) is 7.01. The Balaban J connectivity index is 2.66. The first-order chi connectivity index (χ1) is 10.1. The topological polar surface area (TPSA) is 66.8 Å². The molecule has 0 saturated carbocycles. The van der Waals surface area contributed by atoms with Crippen molar-refractivity contribution in [3.63, 3.8) is 0 Å². The molecule has 4 heteroatoms. The molecule has 0 aliphatic heterocycles. The second-order valence-electron chi connectivity index (χ2n) is 7.01. The summed E-state index contributed by atoms with van der Waals surface area (Å²) < 4.78 is 4.90. The highest BCUT2D eigenvalue weighted by molar-refractivity contribution is 5.65. The molecule has 1 aliphatic rings. The molecule has 126 valence electrons. The van der Waals surface area contributed by atoms with Gasteiger partial charge in [-0.1, -0.05) is 19.9 Å². The van der Waals surface area contributed by atoms with Gasteiger partial charge >= 0.3 is 5.97 Å². The van der Waals surface area contributed by atoms with Crippen molar-refractivity contribution in [2.24, 2.45) is 5.41 Å². The molecule has 0 saturated heterocycles. The number of carbonyl (C=O) groups is 1. The summed E-state index contributed by atoms with van der Waals surface area (Å²) in [6.45, 7) is 9.56. The number of hydrogen-bond acceptors (Lipinski definition) is 4. The van der Waals surface area contributed by atoms with Gasteiger partial charge in [0.2, 0.25) is 0 Å². The van der Waals surface area contributed by atoms with E-state index in [4.69, 9.17) is 4.74 Å². The Bertz CT molecular complexity index is 473. The van der Waals surface area contributed by atoms with Crippen LogP contribution in [0.5, 0.6) is 0 Å². The van der Waals surface area contributed by atoms with E-state index in [9.17, 15) is 15.0 Å². The summed E-state index contributed by atoms with van der Waals surface area (Å²) in [4.78, 5) is 10.8. The molecular weight excluding hydrogens is 280 g/mol. The van der Waals surface area contributed by atoms with Gasteiger partial charge in [0.15, 0.2) is 0 Å². The zero-order chi connectivity index (χ0) is 17.0. The lowest BCUT2D eigenvalue weighted by atomic mass is 9.75. The van der Waals surface area contributed by atoms with Crippen LogP contribution in [-0.2, 0) is 9.53 Å². The first-order valence-electron chi connectivity index (χ1n) is 8.05. The fourth-order valence-electron chi connectivity index (χ4n) is 2.71. The van der Waals surface area contributed by atoms with Gasteiger partial charge in [0.25, 0.3) is 0 Å². The van der Waals surface area contributed by atoms with E-state index in [2.05, 4.69) is 19.9 Å². The number of carbonyl (C=O) groups excluding carboxylic acids is 1. The molecule has 0 aromatic carbocycles. The average molecular weight is 310 g/mol. The molecule has 0 aromatic rings. The van der Waals surface area contributed by atoms with Crippen LogP contribution in [0.2, 0.25) is 0 Å². The average Bonchev–Trinajstić information content (AvgIpc) is 2.41. The molecule has 4 nitrogen and oxygen atoms in total. The summed E-state index contributed by atoms with van der Waals surface area (Å²) in [5.41, 5.74) is 1.15. The molecule has 1 rings (SSSR count). The van der Waals surface area contributed by atoms with Crippen molar-refractivity contribution in [3.8, 4) is 0 Å². The molecule has 2 N–H and O–H groups in total. The number of esters is 1. The van der Waals surface area contributed by atoms with Crippen LogP contribution >= 0.6 is 0 Å². The number of aliphatic hydroxyl groups excluding tert-OH is 1. The Kier molecular flexibility index (Phi) is 6.24. The molecule has 0 amide bonds. The molecule has 2 atom stereocenters. The third-order valence-electron chi connectivity index (χ3n) is 4.70. The quantitative estimate of drug-likeness (QED) is 0.696. The summed E-state index contributed by atoms with van der Waals surface area (Å²) in [5, 5.41) is 20.6. The Hall–Kier alpha value is -1.29. The monoisotopic (exact) mass is 310 g/mol. The van der Waals surface area contributed by atoms with E-state index < -0.39 is 5.60 Å². The van der Waals surface area contributed by atoms with Crippen LogP contribution < -0.4 is 0 Å². The minimum Gasteiger partial charge on any atom is -0.512 e. The maximum Gasteiger partial charge on any atom is 0.302 e. The summed E-state index contributed by atoms with van der Waals surface area (Å²) in [5.74, 6) is 0.134. The molecule has 0 aromatic heterocycles. The van der Waals surface area contributed by atoms with Crippen LogP contribution in [0.4, 0.5) is 0 Å². The fourth-order valence-corrected chi connectivity index (χ4v) is 2.71. The maximum atomic E-state index is 10.8. The summed E-state index contributed by atoms with van der Waals surface area (Å²) in [6.07, 6.45) is 5.59. The molecule has 1 aliphatic carbocycles. The molecule has 0 bridgehead atoms. The normalized spacial score (nSPS) is 24.7. The first-order valence-corrected chi connectivity index (χ1v) is 8.05. The van der Waals surface area contributed by atoms with Gasteiger partial charge in [-0.25, -0.2) is 0 Å². The Labute approximate surface area is 133 Å². The van der Waals surface area contributed by atoms with Crippen molar-refractivity contribution in [1.82, 2.24) is 0 Å². The van der Waals surface area contributed by atoms with Crippen molar-refractivity contribution in [3.05, 3.63) is 23.0 Å². The number of hydrogen-bond donors (Lipinski definition) is 2. The van der Waals surface area contributed by atoms with Crippen molar-refractivity contribution >= 4 is 5.97 Å². The standard InChI is InChI=1S/C18H30O4/c1-6-17(4)11-15(13(2)16(20)12-17)7-8-18(5,21)9-10-22-14(3)19/h11,20-21H,6-10,12H2,1-5H3. The van der Waals surface area contributed by atoms with Crippen molar-refractivity contribution in [2.45, 2.75) is 72.3 Å². The molecule has 22 heavy (non-hydrogen) atoms. The number of rotatable bonds is 7. The maximum absolute atomic E-state index is 10.8. The summed E-state index contributed by atoms with van der Waals surface area (Å²) in [7, 11) is 0. The van der Waals surface area contributed by atoms with Gasteiger partial charge in [-0.15, -0.1) is 0 Å². The Morgan fingerprint density at radius 1 is 1.45 bits per heavy atom. The fraction of sp³-hybridized carbons (Fsp3) is 0.722. The van der Waals surface area contributed by atoms with Gasteiger partial charge in [0, 0.05) is 19.8 Å². The molecule has 0 spiro atoms. The van der Waals surface area contributed by atoms with Gasteiger partial charge in [-0.2, -0.15) is 0 Å². The second kappa shape index (κ2) is 7.32. The Morgan fingerprint density at radius 2 is 2.09 bits per heavy atom. The van der Waals surface area contributed by atoms with Crippen molar-refractivity contribution in [1.29, 1.82) is 0 Å². The SMILES string of the molecule is CCC1(C)C=C(CCC(C)(O)CCOC(C)=O)C(C)=C(O)C1. The highest BCUT2D eigenvalue weighted by Crippen LogP contribution is 2.40. The van der Waals surface area contributed by atoms with E-state index in [-0.39, 0.29) is 18.0 Å². The molecule has 0 heterocycles. The molecule has 0 radical (unpaired) electrons. The minimum atomic E-state index is -0.883. The highest BCUT2D eigenvalue weighted by atomic mass is 16.5. The van der Waals surface area contributed by atoms with Gasteiger partial charge < -0.3 is 14.9 Å². The van der Waals surface area contributed by atoms with Crippen molar-refractivity contribution in [2.75, 3.05) is 6.61 Å². The third-order valence-corrected chi connectivity index (χ3v) is 4.70. The van der Waals surface area contributed by atoms with E-state index in [1.54, 1.807) is 6.92 Å². The van der Waals surface area contributed by atoms with Gasteiger partial charge in [0.1, 0.15) is 0 Å². The van der Waals surface area contributed by atoms with Crippen LogP contribution in [0.15, 0.2) is 23.0 Å². The Morgan fingerprint density at radius 3 is 2.64 bits per heavy atom. The van der Waals surface area contributed by atoms with E-state index in [1.165, 1.54) is 6.92 Å². The third kappa shape index (κ3) is 5.48. The number of allylic oxidation sites excluding steroid dienone is 4. The first kappa shape index (κ1) is 18.8. The van der Waals surface area contributed by atoms with E-state index in [1.807, 2.05) is 6.92 Å². The minimum absolute atomic E-state index is 0.0114. The molecule has 0 fully saturated rings. The van der Waals surface area contributed by atoms with Gasteiger partial charge in [-0.05, 0) is 49.7 Å². The van der Waals surface area contributed by atoms with Crippen molar-refractivity contribution < 1.29 is 19.7 Å². The van der Waals surface area contributed by atoms with Crippen LogP contribution in [0.1, 0.15) is 66.7 Å². The lowest BCUT2D eigenvalue weighted by Gasteiger charge is -2.32. The lowest BCUT2D eigenvalue weighted by Crippen LogP contribution is -2.27. The van der Waals surface area contributed by atoms with Gasteiger partial charge in [0.05, 0.1) is 18.0 Å². The number of aliphatic hydroxyl groups is 2. The zero-order valence-corrected chi connectivity index (χ0v) is 14.5. The predicted molar refractivity (Wildman–Crippen MR) is 87.5 cm³/mol. The number of ether oxygens (including phenoxy) is 1. The van der Waals surface area contributed by atoms with Crippen LogP contribution in [0.3, 0.4) is 0 Å². The smallest absolute Gasteiger partial charge is 0.302 e. The summed E-state index contributed by atoms with van der Waals surface area (Å²) in [6, 6.07) is 0. The molecule has 2 unspecified atom stereocenters. The van der Waals surface area contributed by atoms with E-state index >= 15 is 0 Å². The van der Waals surface area contributed by atoms with Gasteiger partial charge in [-0.3, -0.25) is 4.79 Å². The van der Waals surface area contributed by atoms with Crippen LogP contribution in [0, 0.1) is 5.41 Å². The zero-order valence-electron chi connectivity index (χ0n) is 14.5. The predicted octanol–water partition coefficient (Wildman–Crippen LogP) is 4.05. The molecular formula is C18H30O4. The van der Waals surface area contributed by atoms with E-state index in [0.29, 0.717) is 31.4 Å². The van der Waals surface area contributed by atoms with E-state index in [0.717, 1.165) is 17.6 Å². The highest BCUT2D eigenvalue weighted by Gasteiger charge is 2.29. The largest absolute Gasteiger partial charge is 0.512 e. The van der Waals surface area contributed by atoms with Crippen LogP contribution in [0.25, 0.3) is 0 Å².